The zero-order valence-corrected chi connectivity index (χ0v) is 14.6. The molecule has 1 saturated heterocycles. The molecule has 0 radical (unpaired) electrons. The van der Waals surface area contributed by atoms with Crippen LogP contribution in [0.4, 0.5) is 0 Å². The molecule has 0 bridgehead atoms. The molecule has 0 aromatic heterocycles. The Labute approximate surface area is 148 Å². The summed E-state index contributed by atoms with van der Waals surface area (Å²) in [5.41, 5.74) is 1.61. The molecule has 1 aromatic rings. The maximum absolute atomic E-state index is 11.9. The number of amides is 1. The minimum atomic E-state index is -0.548. The summed E-state index contributed by atoms with van der Waals surface area (Å²) < 4.78 is 0. The quantitative estimate of drug-likeness (QED) is 0.754. The fourth-order valence-corrected chi connectivity index (χ4v) is 2.17. The van der Waals surface area contributed by atoms with Crippen LogP contribution in [0.15, 0.2) is 54.9 Å². The average Bonchev–Trinajstić information content (AvgIpc) is 2.63. The Morgan fingerprint density at radius 2 is 1.92 bits per heavy atom. The number of piperazine rings is 1. The van der Waals surface area contributed by atoms with Gasteiger partial charge in [0.2, 0.25) is 0 Å². The first-order valence-electron chi connectivity index (χ1n) is 8.18. The Bertz CT molecular complexity index is 599. The van der Waals surface area contributed by atoms with Gasteiger partial charge in [-0.25, -0.2) is 0 Å². The first kappa shape index (κ1) is 20.6. The van der Waals surface area contributed by atoms with Crippen LogP contribution in [0.25, 0.3) is 0 Å². The lowest BCUT2D eigenvalue weighted by Gasteiger charge is -2.35. The summed E-state index contributed by atoms with van der Waals surface area (Å²) in [6.45, 7) is 6.84. The third kappa shape index (κ3) is 7.32. The number of carbonyl (C=O) groups excluding carboxylic acids is 2. The van der Waals surface area contributed by atoms with E-state index in [0.29, 0.717) is 31.8 Å². The predicted molar refractivity (Wildman–Crippen MR) is 96.5 cm³/mol. The first-order valence-corrected chi connectivity index (χ1v) is 8.18. The van der Waals surface area contributed by atoms with E-state index >= 15 is 0 Å². The fourth-order valence-electron chi connectivity index (χ4n) is 2.17. The summed E-state index contributed by atoms with van der Waals surface area (Å²) in [4.78, 5) is 26.0. The number of benzene rings is 1. The van der Waals surface area contributed by atoms with Crippen LogP contribution in [0, 0.1) is 6.92 Å². The lowest BCUT2D eigenvalue weighted by atomic mass is 10.2. The predicted octanol–water partition coefficient (Wildman–Crippen LogP) is 1.10. The van der Waals surface area contributed by atoms with Crippen LogP contribution in [0.2, 0.25) is 0 Å². The van der Waals surface area contributed by atoms with Crippen LogP contribution in [0.5, 0.6) is 0 Å². The summed E-state index contributed by atoms with van der Waals surface area (Å²) in [5, 5.41) is 17.3. The van der Waals surface area contributed by atoms with Gasteiger partial charge in [0.15, 0.2) is 5.78 Å². The third-order valence-corrected chi connectivity index (χ3v) is 3.61. The highest BCUT2D eigenvalue weighted by atomic mass is 16.3. The molecule has 1 aliphatic heterocycles. The Hall–Kier alpha value is -2.44. The van der Waals surface area contributed by atoms with Crippen LogP contribution >= 0.6 is 0 Å². The molecule has 6 heteroatoms. The Morgan fingerprint density at radius 1 is 1.24 bits per heavy atom. The molecule has 1 aliphatic rings. The normalized spacial score (nSPS) is 14.5. The zero-order valence-electron chi connectivity index (χ0n) is 14.6. The summed E-state index contributed by atoms with van der Waals surface area (Å²) in [5.74, 6) is -0.617. The van der Waals surface area contributed by atoms with Crippen molar-refractivity contribution in [2.24, 2.45) is 0 Å². The second kappa shape index (κ2) is 11.2. The van der Waals surface area contributed by atoms with Crippen molar-refractivity contribution in [1.29, 1.82) is 0 Å². The van der Waals surface area contributed by atoms with Gasteiger partial charge in [-0.3, -0.25) is 9.59 Å². The van der Waals surface area contributed by atoms with Crippen LogP contribution in [0.3, 0.4) is 0 Å². The summed E-state index contributed by atoms with van der Waals surface area (Å²) in [6.07, 6.45) is 3.22. The average molecular weight is 346 g/mol. The van der Waals surface area contributed by atoms with E-state index in [1.807, 2.05) is 18.2 Å². The van der Waals surface area contributed by atoms with Crippen molar-refractivity contribution in [2.45, 2.75) is 13.3 Å². The second-order valence-corrected chi connectivity index (χ2v) is 5.60. The molecule has 1 aromatic carbocycles. The molecule has 6 nitrogen and oxygen atoms in total. The monoisotopic (exact) mass is 346 g/mol. The number of rotatable bonds is 6. The minimum absolute atomic E-state index is 0.0465. The van der Waals surface area contributed by atoms with Crippen molar-refractivity contribution in [3.8, 4) is 0 Å². The third-order valence-electron chi connectivity index (χ3n) is 3.61. The number of hydrogen-bond acceptors (Lipinski definition) is 5. The zero-order chi connectivity index (χ0) is 18.7. The summed E-state index contributed by atoms with van der Waals surface area (Å²) in [7, 11) is 0. The standard InChI is InChI=1S/C12H18N2O4.C7H8/c1-10-12(18)14(4-2-8-15)7-6-13(10)5-3-11(17)9-16;1-7-5-3-2-4-6-7/h3,5,15-16H,1-2,4,6-9H2;2-6H,1H3/b5-3-;. The van der Waals surface area contributed by atoms with Gasteiger partial charge in [0.05, 0.1) is 5.70 Å². The number of aryl methyl sites for hydroxylation is 1. The highest BCUT2D eigenvalue weighted by Crippen LogP contribution is 2.14. The van der Waals surface area contributed by atoms with E-state index < -0.39 is 12.4 Å². The minimum Gasteiger partial charge on any atom is -0.396 e. The van der Waals surface area contributed by atoms with Gasteiger partial charge in [-0.15, -0.1) is 0 Å². The van der Waals surface area contributed by atoms with Crippen molar-refractivity contribution in [3.63, 3.8) is 0 Å². The van der Waals surface area contributed by atoms with Crippen LogP contribution < -0.4 is 0 Å². The largest absolute Gasteiger partial charge is 0.396 e. The van der Waals surface area contributed by atoms with Crippen LogP contribution in [0.1, 0.15) is 12.0 Å². The van der Waals surface area contributed by atoms with Crippen molar-refractivity contribution < 1.29 is 19.8 Å². The van der Waals surface area contributed by atoms with Gasteiger partial charge < -0.3 is 20.0 Å². The van der Waals surface area contributed by atoms with Crippen molar-refractivity contribution in [1.82, 2.24) is 9.80 Å². The van der Waals surface area contributed by atoms with Gasteiger partial charge in [0, 0.05) is 32.4 Å². The van der Waals surface area contributed by atoms with E-state index in [9.17, 15) is 9.59 Å². The number of nitrogens with zero attached hydrogens (tertiary/aromatic N) is 2. The van der Waals surface area contributed by atoms with Gasteiger partial charge in [-0.2, -0.15) is 0 Å². The second-order valence-electron chi connectivity index (χ2n) is 5.60. The SMILES string of the molecule is C=C1C(=O)N(CCCO)CCN1/C=C\C(=O)CO.Cc1ccccc1. The Balaban J connectivity index is 0.000000370. The molecule has 1 heterocycles. The molecule has 0 saturated carbocycles. The maximum Gasteiger partial charge on any atom is 0.269 e. The van der Waals surface area contributed by atoms with Crippen LogP contribution in [-0.4, -0.2) is 64.6 Å². The van der Waals surface area contributed by atoms with E-state index in [1.165, 1.54) is 17.8 Å². The summed E-state index contributed by atoms with van der Waals surface area (Å²) in [6, 6.07) is 10.3. The van der Waals surface area contributed by atoms with Crippen molar-refractivity contribution >= 4 is 11.7 Å². The molecule has 1 fully saturated rings. The molecule has 136 valence electrons. The molecular weight excluding hydrogens is 320 g/mol. The number of ketones is 1. The maximum atomic E-state index is 11.9. The van der Waals surface area contributed by atoms with Gasteiger partial charge in [0.25, 0.3) is 5.91 Å². The Morgan fingerprint density at radius 3 is 2.44 bits per heavy atom. The van der Waals surface area contributed by atoms with Crippen molar-refractivity contribution in [3.05, 3.63) is 60.4 Å². The molecule has 0 atom stereocenters. The molecular formula is C19H26N2O4. The van der Waals surface area contributed by atoms with Gasteiger partial charge in [-0.1, -0.05) is 42.5 Å². The highest BCUT2D eigenvalue weighted by Gasteiger charge is 2.25. The molecule has 25 heavy (non-hydrogen) atoms. The molecule has 0 unspecified atom stereocenters. The number of hydrogen-bond donors (Lipinski definition) is 2. The highest BCUT2D eigenvalue weighted by molar-refractivity contribution is 5.94. The molecule has 1 amide bonds. The lowest BCUT2D eigenvalue weighted by molar-refractivity contribution is -0.131. The van der Waals surface area contributed by atoms with E-state index in [0.717, 1.165) is 0 Å². The van der Waals surface area contributed by atoms with Crippen molar-refractivity contribution in [2.75, 3.05) is 32.8 Å². The molecule has 0 spiro atoms. The van der Waals surface area contributed by atoms with E-state index in [2.05, 4.69) is 25.6 Å². The van der Waals surface area contributed by atoms with Gasteiger partial charge in [0.1, 0.15) is 6.61 Å². The smallest absolute Gasteiger partial charge is 0.269 e. The van der Waals surface area contributed by atoms with Crippen LogP contribution in [-0.2, 0) is 9.59 Å². The number of aliphatic hydroxyl groups excluding tert-OH is 2. The number of aliphatic hydroxyl groups is 2. The van der Waals surface area contributed by atoms with Gasteiger partial charge in [-0.05, 0) is 19.4 Å². The topological polar surface area (TPSA) is 81.1 Å². The van der Waals surface area contributed by atoms with Gasteiger partial charge >= 0.3 is 0 Å². The lowest BCUT2D eigenvalue weighted by Crippen LogP contribution is -2.46. The molecule has 2 rings (SSSR count). The number of carbonyl (C=O) groups is 2. The first-order chi connectivity index (χ1) is 12.0. The fraction of sp³-hybridized carbons (Fsp3) is 0.368. The van der Waals surface area contributed by atoms with E-state index in [1.54, 1.807) is 9.80 Å². The Kier molecular flexibility index (Phi) is 9.21. The summed E-state index contributed by atoms with van der Waals surface area (Å²) >= 11 is 0. The molecule has 2 N–H and O–H groups in total. The molecule has 0 aliphatic carbocycles. The van der Waals surface area contributed by atoms with E-state index in [-0.39, 0.29) is 12.5 Å². The van der Waals surface area contributed by atoms with E-state index in [4.69, 9.17) is 10.2 Å².